The lowest BCUT2D eigenvalue weighted by Crippen LogP contribution is -2.41. The van der Waals surface area contributed by atoms with Crippen LogP contribution in [-0.4, -0.2) is 51.0 Å². The predicted octanol–water partition coefficient (Wildman–Crippen LogP) is 3.33. The van der Waals surface area contributed by atoms with E-state index >= 15 is 0 Å². The number of sulfonamides is 1. The highest BCUT2D eigenvalue weighted by atomic mass is 32.2. The van der Waals surface area contributed by atoms with Crippen LogP contribution in [0.3, 0.4) is 0 Å². The second-order valence-corrected chi connectivity index (χ2v) is 13.0. The third-order valence-corrected chi connectivity index (χ3v) is 9.55. The van der Waals surface area contributed by atoms with Crippen LogP contribution in [-0.2, 0) is 20.2 Å². The summed E-state index contributed by atoms with van der Waals surface area (Å²) < 4.78 is 58.4. The largest absolute Gasteiger partial charge is 0.504 e. The zero-order chi connectivity index (χ0) is 25.3. The van der Waals surface area contributed by atoms with Crippen LogP contribution in [0.5, 0.6) is 5.75 Å². The van der Waals surface area contributed by atoms with Crippen molar-refractivity contribution in [2.24, 2.45) is 14.2 Å². The molecule has 0 radical (unpaired) electrons. The average Bonchev–Trinajstić information content (AvgIpc) is 3.25. The molecule has 34 heavy (non-hydrogen) atoms. The highest BCUT2D eigenvalue weighted by Crippen LogP contribution is 2.39. The van der Waals surface area contributed by atoms with Crippen molar-refractivity contribution in [3.05, 3.63) is 41.3 Å². The van der Waals surface area contributed by atoms with Crippen LogP contribution in [0.2, 0.25) is 0 Å². The molecule has 0 saturated carbocycles. The van der Waals surface area contributed by atoms with Crippen molar-refractivity contribution < 1.29 is 21.9 Å². The van der Waals surface area contributed by atoms with Crippen LogP contribution >= 0.6 is 11.3 Å². The Kier molecular flexibility index (Phi) is 7.41. The summed E-state index contributed by atoms with van der Waals surface area (Å²) in [4.78, 5) is 0. The number of aromatic hydroxyl groups is 1. The topological polar surface area (TPSA) is 141 Å². The van der Waals surface area contributed by atoms with E-state index in [1.165, 1.54) is 9.69 Å². The molecule has 13 heteroatoms. The Morgan fingerprint density at radius 3 is 2.24 bits per heavy atom. The van der Waals surface area contributed by atoms with Gasteiger partial charge in [-0.05, 0) is 11.0 Å². The quantitative estimate of drug-likeness (QED) is 0.502. The molecule has 1 aliphatic rings. The predicted molar refractivity (Wildman–Crippen MR) is 135 cm³/mol. The van der Waals surface area contributed by atoms with Crippen LogP contribution in [0.4, 0.5) is 5.69 Å². The van der Waals surface area contributed by atoms with Gasteiger partial charge in [-0.3, -0.25) is 0 Å². The van der Waals surface area contributed by atoms with Gasteiger partial charge in [-0.2, -0.15) is 12.7 Å². The normalized spacial score (nSPS) is 16.8. The first-order chi connectivity index (χ1) is 15.8. The van der Waals surface area contributed by atoms with Crippen molar-refractivity contribution in [3.63, 3.8) is 0 Å². The van der Waals surface area contributed by atoms with Crippen LogP contribution in [0, 0.1) is 5.41 Å². The lowest BCUT2D eigenvalue weighted by atomic mass is 9.82. The van der Waals surface area contributed by atoms with E-state index in [0.717, 1.165) is 16.9 Å². The molecular weight excluding hydrogens is 498 g/mol. The van der Waals surface area contributed by atoms with E-state index in [1.54, 1.807) is 13.8 Å². The summed E-state index contributed by atoms with van der Waals surface area (Å²) in [5, 5.41) is 18.0. The lowest BCUT2D eigenvalue weighted by Gasteiger charge is -2.32. The van der Waals surface area contributed by atoms with Crippen molar-refractivity contribution >= 4 is 48.9 Å². The molecule has 186 valence electrons. The molecule has 2 heterocycles. The number of hydrogen-bond acceptors (Lipinski definition) is 8. The fourth-order valence-corrected chi connectivity index (χ4v) is 7.12. The number of nitrogens with zero attached hydrogens (tertiary/aromatic N) is 3. The second kappa shape index (κ2) is 9.64. The molecule has 3 rings (SSSR count). The Morgan fingerprint density at radius 1 is 1.09 bits per heavy atom. The molecule has 10 nitrogen and oxygen atoms in total. The number of rotatable bonds is 7. The van der Waals surface area contributed by atoms with E-state index in [4.69, 9.17) is 0 Å². The molecule has 0 bridgehead atoms. The Balaban J connectivity index is 1.94. The summed E-state index contributed by atoms with van der Waals surface area (Å²) in [6.07, 6.45) is 0. The number of anilines is 1. The maximum absolute atomic E-state index is 12.8. The van der Waals surface area contributed by atoms with Crippen molar-refractivity contribution in [1.29, 1.82) is 0 Å². The summed E-state index contributed by atoms with van der Waals surface area (Å²) in [6.45, 7) is 9.91. The van der Waals surface area contributed by atoms with Crippen molar-refractivity contribution in [1.82, 2.24) is 9.62 Å². The van der Waals surface area contributed by atoms with Gasteiger partial charge < -0.3 is 15.7 Å². The van der Waals surface area contributed by atoms with Gasteiger partial charge in [0.2, 0.25) is 0 Å². The van der Waals surface area contributed by atoms with Crippen molar-refractivity contribution in [2.45, 2.75) is 44.9 Å². The number of nitrogens with one attached hydrogen (secondary N) is 2. The van der Waals surface area contributed by atoms with Gasteiger partial charge in [0.15, 0.2) is 21.6 Å². The van der Waals surface area contributed by atoms with Gasteiger partial charge in [0, 0.05) is 18.5 Å². The fourth-order valence-electron chi connectivity index (χ4n) is 3.51. The van der Waals surface area contributed by atoms with E-state index < -0.39 is 26.0 Å². The molecule has 0 fully saturated rings. The summed E-state index contributed by atoms with van der Waals surface area (Å²) in [5.74, 6) is -0.661. The van der Waals surface area contributed by atoms with Crippen molar-refractivity contribution in [2.75, 3.05) is 18.4 Å². The Bertz CT molecular complexity index is 1310. The van der Waals surface area contributed by atoms with Gasteiger partial charge >= 0.3 is 10.2 Å². The Labute approximate surface area is 204 Å². The molecular formula is C21H29N5O5S3. The van der Waals surface area contributed by atoms with Crippen LogP contribution in [0.25, 0.3) is 0 Å². The molecule has 1 atom stereocenters. The first kappa shape index (κ1) is 26.1. The van der Waals surface area contributed by atoms with E-state index in [2.05, 4.69) is 19.4 Å². The minimum absolute atomic E-state index is 0.0214. The molecule has 1 aromatic carbocycles. The third-order valence-electron chi connectivity index (χ3n) is 5.18. The van der Waals surface area contributed by atoms with E-state index in [1.807, 2.05) is 51.1 Å². The zero-order valence-corrected chi connectivity index (χ0v) is 22.1. The maximum atomic E-state index is 12.8. The van der Waals surface area contributed by atoms with Gasteiger partial charge in [0.1, 0.15) is 0 Å². The Hall–Kier alpha value is -2.48. The Morgan fingerprint density at radius 2 is 1.68 bits per heavy atom. The molecule has 3 N–H and O–H groups in total. The summed E-state index contributed by atoms with van der Waals surface area (Å²) in [6, 6.07) is 9.19. The summed E-state index contributed by atoms with van der Waals surface area (Å²) in [5.41, 5.74) is 0.622. The monoisotopic (exact) mass is 527 g/mol. The number of hydrogen-bond donors (Lipinski definition) is 3. The molecule has 0 spiro atoms. The molecule has 0 aliphatic carbocycles. The molecule has 0 amide bonds. The van der Waals surface area contributed by atoms with Gasteiger partial charge in [-0.1, -0.05) is 65.0 Å². The van der Waals surface area contributed by atoms with E-state index in [0.29, 0.717) is 0 Å². The summed E-state index contributed by atoms with van der Waals surface area (Å²) in [7, 11) is -8.05. The summed E-state index contributed by atoms with van der Waals surface area (Å²) >= 11 is 0.835. The highest BCUT2D eigenvalue weighted by molar-refractivity contribution is 7.91. The second-order valence-electron chi connectivity index (χ2n) is 8.68. The first-order valence-corrected chi connectivity index (χ1v) is 14.4. The molecule has 0 saturated heterocycles. The standard InChI is InChI=1S/C21H29N5O5S3/c1-6-26(7-2)33(28,29)20-16(27)15(13-32-20)22-18-19(25-34(30,31)24-18)23-17(21(3,4)5)14-11-9-8-10-12-14/h8-13,17,27H,6-7H2,1-5H3,(H,22,24)(H,23,25)/t17-/m0/s1. The average molecular weight is 528 g/mol. The van der Waals surface area contributed by atoms with Gasteiger partial charge in [0.05, 0.1) is 11.7 Å². The van der Waals surface area contributed by atoms with E-state index in [9.17, 15) is 21.9 Å². The van der Waals surface area contributed by atoms with Gasteiger partial charge in [0.25, 0.3) is 10.0 Å². The minimum atomic E-state index is -4.15. The molecule has 2 aromatic rings. The third kappa shape index (κ3) is 5.43. The molecule has 1 aliphatic heterocycles. The highest BCUT2D eigenvalue weighted by Gasteiger charge is 2.34. The van der Waals surface area contributed by atoms with Gasteiger partial charge in [-0.15, -0.1) is 20.1 Å². The lowest BCUT2D eigenvalue weighted by molar-refractivity contribution is 0.303. The van der Waals surface area contributed by atoms with E-state index in [-0.39, 0.29) is 46.1 Å². The number of benzene rings is 1. The van der Waals surface area contributed by atoms with Crippen LogP contribution in [0.15, 0.2) is 48.7 Å². The van der Waals surface area contributed by atoms with Gasteiger partial charge in [-0.25, -0.2) is 8.42 Å². The van der Waals surface area contributed by atoms with Crippen molar-refractivity contribution in [3.8, 4) is 5.75 Å². The smallest absolute Gasteiger partial charge is 0.367 e. The number of thiophene rings is 1. The zero-order valence-electron chi connectivity index (χ0n) is 19.6. The molecule has 0 unspecified atom stereocenters. The fraction of sp³-hybridized carbons (Fsp3) is 0.429. The molecule has 1 aromatic heterocycles. The minimum Gasteiger partial charge on any atom is -0.504 e. The first-order valence-electron chi connectivity index (χ1n) is 10.6. The maximum Gasteiger partial charge on any atom is 0.367 e. The SMILES string of the molecule is CCN(CC)S(=O)(=O)c1scc(NC2=NS(=O)(=O)N=C2N[C@@H](c2ccccc2)C(C)(C)C)c1O. The van der Waals surface area contributed by atoms with Crippen LogP contribution < -0.4 is 10.6 Å². The van der Waals surface area contributed by atoms with Crippen LogP contribution in [0.1, 0.15) is 46.2 Å². The number of amidine groups is 2.